The largest absolute Gasteiger partial charge is 3.00 e. The molecule has 0 atom stereocenters. The van der Waals surface area contributed by atoms with Crippen molar-refractivity contribution in [2.45, 2.75) is 91.6 Å². The molecular weight excluding hydrogens is 884 g/mol. The summed E-state index contributed by atoms with van der Waals surface area (Å²) >= 11 is 0. The van der Waals surface area contributed by atoms with Gasteiger partial charge in [0.1, 0.15) is 0 Å². The molecule has 8 rings (SSSR count). The Balaban J connectivity index is 0.000000167. The summed E-state index contributed by atoms with van der Waals surface area (Å²) in [5.41, 5.74) is 8.44. The zero-order valence-electron chi connectivity index (χ0n) is 34.5. The molecule has 7 nitrogen and oxygen atoms in total. The van der Waals surface area contributed by atoms with Crippen molar-refractivity contribution in [1.29, 1.82) is 0 Å². The summed E-state index contributed by atoms with van der Waals surface area (Å²) in [6, 6.07) is 47.2. The van der Waals surface area contributed by atoms with Crippen molar-refractivity contribution in [2.24, 2.45) is 0 Å². The Bertz CT molecular complexity index is 2200. The van der Waals surface area contributed by atoms with Crippen LogP contribution in [0.2, 0.25) is 0 Å². The van der Waals surface area contributed by atoms with Crippen molar-refractivity contribution < 1.29 is 38.7 Å². The van der Waals surface area contributed by atoms with Crippen molar-refractivity contribution in [3.8, 4) is 33.8 Å². The fourth-order valence-electron chi connectivity index (χ4n) is 5.98. The predicted octanol–water partition coefficient (Wildman–Crippen LogP) is 8.86. The first kappa shape index (κ1) is 43.8. The number of rotatable bonds is 5. The Morgan fingerprint density at radius 1 is 0.456 bits per heavy atom. The molecule has 3 aromatic carbocycles. The van der Waals surface area contributed by atoms with E-state index in [1.54, 1.807) is 6.20 Å². The molecule has 5 heterocycles. The summed E-state index contributed by atoms with van der Waals surface area (Å²) in [6.07, 6.45) is 1.78. The van der Waals surface area contributed by atoms with E-state index in [-0.39, 0.29) is 56.7 Å². The summed E-state index contributed by atoms with van der Waals surface area (Å²) < 4.78 is 24.4. The summed E-state index contributed by atoms with van der Waals surface area (Å²) in [5, 5.41) is 0. The third-order valence-corrected chi connectivity index (χ3v) is 10.7. The van der Waals surface area contributed by atoms with Crippen LogP contribution in [0.5, 0.6) is 0 Å². The van der Waals surface area contributed by atoms with Gasteiger partial charge in [0.15, 0.2) is 0 Å². The molecule has 6 aromatic rings. The summed E-state index contributed by atoms with van der Waals surface area (Å²) in [7, 11) is -0.713. The first-order chi connectivity index (χ1) is 26.5. The van der Waals surface area contributed by atoms with E-state index in [1.807, 2.05) is 129 Å². The van der Waals surface area contributed by atoms with Crippen LogP contribution in [0.4, 0.5) is 0 Å². The summed E-state index contributed by atoms with van der Waals surface area (Å²) in [5.74, 6) is 0. The van der Waals surface area contributed by atoms with E-state index >= 15 is 0 Å². The van der Waals surface area contributed by atoms with Gasteiger partial charge in [0.2, 0.25) is 0 Å². The van der Waals surface area contributed by atoms with E-state index in [2.05, 4.69) is 88.5 Å². The molecule has 57 heavy (non-hydrogen) atoms. The Hall–Kier alpha value is -4.27. The maximum atomic E-state index is 6.11. The van der Waals surface area contributed by atoms with E-state index in [4.69, 9.17) is 18.6 Å². The molecule has 0 spiro atoms. The van der Waals surface area contributed by atoms with Gasteiger partial charge in [-0.25, -0.2) is 0 Å². The minimum Gasteiger partial charge on any atom is -0.400 e. The summed E-state index contributed by atoms with van der Waals surface area (Å²) in [6.45, 7) is 20.5. The topological polar surface area (TPSA) is 75.6 Å². The third-order valence-electron chi connectivity index (χ3n) is 10.7. The van der Waals surface area contributed by atoms with Crippen molar-refractivity contribution in [3.05, 3.63) is 151 Å². The number of aryl methyl sites for hydroxylation is 2. The van der Waals surface area contributed by atoms with Crippen LogP contribution in [0.25, 0.3) is 33.8 Å². The number of pyridine rings is 3. The van der Waals surface area contributed by atoms with Gasteiger partial charge in [-0.3, -0.25) is 0 Å². The molecule has 0 unspecified atom stereocenters. The fraction of sp³-hybridized carbons (Fsp3) is 0.298. The monoisotopic (exact) mass is 935 g/mol. The van der Waals surface area contributed by atoms with Gasteiger partial charge in [-0.2, -0.15) is 0 Å². The molecule has 2 saturated heterocycles. The normalized spacial score (nSPS) is 17.0. The molecule has 2 aliphatic rings. The predicted molar refractivity (Wildman–Crippen MR) is 226 cm³/mol. The van der Waals surface area contributed by atoms with Crippen molar-refractivity contribution in [3.63, 3.8) is 0 Å². The quantitative estimate of drug-likeness (QED) is 0.126. The van der Waals surface area contributed by atoms with E-state index in [1.165, 1.54) is 0 Å². The van der Waals surface area contributed by atoms with Crippen LogP contribution in [-0.4, -0.2) is 51.6 Å². The van der Waals surface area contributed by atoms with Gasteiger partial charge >= 0.3 is 34.3 Å². The van der Waals surface area contributed by atoms with Crippen LogP contribution in [0.15, 0.2) is 121 Å². The molecule has 0 N–H and O–H groups in total. The molecule has 0 radical (unpaired) electrons. The molecule has 0 bridgehead atoms. The average Bonchev–Trinajstić information content (AvgIpc) is 3.55. The Morgan fingerprint density at radius 3 is 1.30 bits per heavy atom. The van der Waals surface area contributed by atoms with Gasteiger partial charge in [0, 0.05) is 17.6 Å². The Kier molecular flexibility index (Phi) is 13.9. The fourth-order valence-corrected chi connectivity index (χ4v) is 5.98. The van der Waals surface area contributed by atoms with Crippen molar-refractivity contribution >= 4 is 25.2 Å². The molecule has 0 aliphatic carbocycles. The number of benzene rings is 3. The van der Waals surface area contributed by atoms with E-state index in [0.29, 0.717) is 0 Å². The maximum Gasteiger partial charge on any atom is 3.00 e. The van der Waals surface area contributed by atoms with Crippen LogP contribution in [-0.2, 0) is 38.7 Å². The second-order valence-corrected chi connectivity index (χ2v) is 16.1. The second-order valence-electron chi connectivity index (χ2n) is 16.1. The molecule has 292 valence electrons. The number of hydrogen-bond acceptors (Lipinski definition) is 7. The molecule has 2 aliphatic heterocycles. The van der Waals surface area contributed by atoms with Crippen molar-refractivity contribution in [2.75, 3.05) is 0 Å². The van der Waals surface area contributed by atoms with Crippen LogP contribution in [0.1, 0.15) is 66.8 Å². The zero-order chi connectivity index (χ0) is 40.1. The standard InChI is InChI=1S/C18H21BNO2.C17H19BNO2.C12H10N.Ir/c1-13-8-6-11-16(20-13)14-9-7-10-15(12-14)19-21-17(2,3)18(4,5)22-19;1-16(2)17(3,4)21-18(20-16)14-9-7-8-13(12-14)15-10-5-6-11-19-15;1-10-6-5-9-12(13-10)11-7-3-2-4-8-11;/h6-8,10-12H,1-5H3;5-7,9-12H,1-4H3;2-7,9H,1H3;/q3*-1;+3. The average molecular weight is 935 g/mol. The minimum absolute atomic E-state index is 0. The van der Waals surface area contributed by atoms with Gasteiger partial charge < -0.3 is 33.6 Å². The molecular formula is C47H50B2IrN3O4. The maximum absolute atomic E-state index is 6.11. The SMILES string of the molecule is CC1(C)OB(c2cc[c-]c(-c3ccccn3)c2)OC1(C)C.Cc1cccc(-c2[c-]ccc(B3OC(C)(C)C(C)(C)O3)c2)n1.Cc1cccc(-c2[c-]cccc2)n1.[Ir+3]. The Morgan fingerprint density at radius 2 is 0.877 bits per heavy atom. The molecule has 10 heteroatoms. The number of hydrogen-bond donors (Lipinski definition) is 0. The van der Waals surface area contributed by atoms with Gasteiger partial charge in [-0.15, -0.1) is 106 Å². The van der Waals surface area contributed by atoms with Gasteiger partial charge in [-0.05, 0) is 105 Å². The number of aromatic nitrogens is 3. The smallest absolute Gasteiger partial charge is 0.400 e. The Labute approximate surface area is 353 Å². The van der Waals surface area contributed by atoms with Gasteiger partial charge in [-0.1, -0.05) is 36.4 Å². The van der Waals surface area contributed by atoms with Crippen LogP contribution in [0, 0.1) is 32.0 Å². The number of nitrogens with zero attached hydrogens (tertiary/aromatic N) is 3. The van der Waals surface area contributed by atoms with Crippen LogP contribution < -0.4 is 10.9 Å². The zero-order valence-corrected chi connectivity index (χ0v) is 36.9. The molecule has 3 aromatic heterocycles. The molecule has 2 fully saturated rings. The van der Waals surface area contributed by atoms with E-state index in [0.717, 1.165) is 56.1 Å². The van der Waals surface area contributed by atoms with Crippen LogP contribution in [0.3, 0.4) is 0 Å². The second kappa shape index (κ2) is 18.1. The van der Waals surface area contributed by atoms with E-state index < -0.39 is 0 Å². The molecule has 0 saturated carbocycles. The van der Waals surface area contributed by atoms with Gasteiger partial charge in [0.25, 0.3) is 0 Å². The van der Waals surface area contributed by atoms with Crippen molar-refractivity contribution in [1.82, 2.24) is 15.0 Å². The first-order valence-corrected chi connectivity index (χ1v) is 19.0. The minimum atomic E-state index is -0.358. The first-order valence-electron chi connectivity index (χ1n) is 19.0. The van der Waals surface area contributed by atoms with Crippen LogP contribution >= 0.6 is 0 Å². The third kappa shape index (κ3) is 10.6. The molecule has 0 amide bonds. The summed E-state index contributed by atoms with van der Waals surface area (Å²) in [4.78, 5) is 13.3. The van der Waals surface area contributed by atoms with E-state index in [9.17, 15) is 0 Å². The van der Waals surface area contributed by atoms with Gasteiger partial charge in [0.05, 0.1) is 22.4 Å².